The van der Waals surface area contributed by atoms with E-state index in [9.17, 15) is 0 Å². The molecule has 0 aliphatic carbocycles. The summed E-state index contributed by atoms with van der Waals surface area (Å²) in [6, 6.07) is 0.665. The highest BCUT2D eigenvalue weighted by Crippen LogP contribution is 2.10. The number of hydrogen-bond acceptors (Lipinski definition) is 2. The summed E-state index contributed by atoms with van der Waals surface area (Å²) in [7, 11) is 0. The van der Waals surface area contributed by atoms with Crippen LogP contribution in [0, 0.1) is 0 Å². The molecule has 0 aromatic carbocycles. The minimum Gasteiger partial charge on any atom is -0.382 e. The van der Waals surface area contributed by atoms with Crippen molar-refractivity contribution in [3.63, 3.8) is 0 Å². The predicted molar refractivity (Wildman–Crippen MR) is 76.6 cm³/mol. The topological polar surface area (TPSA) is 21.3 Å². The molecule has 1 unspecified atom stereocenters. The highest BCUT2D eigenvalue weighted by atomic mass is 16.5. The third-order valence-corrected chi connectivity index (χ3v) is 3.21. The second kappa shape index (κ2) is 14.0. The first-order valence-electron chi connectivity index (χ1n) is 7.66. The molecule has 104 valence electrons. The van der Waals surface area contributed by atoms with Gasteiger partial charge in [0.25, 0.3) is 0 Å². The number of rotatable bonds is 13. The summed E-state index contributed by atoms with van der Waals surface area (Å²) in [5.41, 5.74) is 0. The second-order valence-electron chi connectivity index (χ2n) is 4.80. The van der Waals surface area contributed by atoms with E-state index in [0.29, 0.717) is 6.04 Å². The number of hydrogen-bond donors (Lipinski definition) is 1. The van der Waals surface area contributed by atoms with Crippen LogP contribution in [0.15, 0.2) is 0 Å². The van der Waals surface area contributed by atoms with E-state index in [2.05, 4.69) is 26.1 Å². The molecule has 1 atom stereocenters. The van der Waals surface area contributed by atoms with Crippen molar-refractivity contribution in [1.29, 1.82) is 0 Å². The molecule has 0 radical (unpaired) electrons. The largest absolute Gasteiger partial charge is 0.382 e. The first kappa shape index (κ1) is 16.9. The maximum atomic E-state index is 5.43. The molecule has 0 aliphatic heterocycles. The molecule has 2 nitrogen and oxygen atoms in total. The van der Waals surface area contributed by atoms with Crippen LogP contribution in [0.25, 0.3) is 0 Å². The van der Waals surface area contributed by atoms with Gasteiger partial charge in [0, 0.05) is 19.3 Å². The van der Waals surface area contributed by atoms with Crippen molar-refractivity contribution in [3.05, 3.63) is 0 Å². The second-order valence-corrected chi connectivity index (χ2v) is 4.80. The van der Waals surface area contributed by atoms with E-state index in [4.69, 9.17) is 4.74 Å². The van der Waals surface area contributed by atoms with E-state index in [-0.39, 0.29) is 0 Å². The van der Waals surface area contributed by atoms with Crippen molar-refractivity contribution in [1.82, 2.24) is 5.32 Å². The van der Waals surface area contributed by atoms with Gasteiger partial charge in [-0.25, -0.2) is 0 Å². The van der Waals surface area contributed by atoms with Gasteiger partial charge >= 0.3 is 0 Å². The number of ether oxygens (including phenoxy) is 1. The van der Waals surface area contributed by atoms with Crippen LogP contribution < -0.4 is 5.32 Å². The molecular formula is C15H33NO. The van der Waals surface area contributed by atoms with Crippen molar-refractivity contribution in [3.8, 4) is 0 Å². The standard InChI is InChI=1S/C15H33NO/c1-4-7-8-9-10-11-12-15(16-5-2)13-14-17-6-3/h15-16H,4-14H2,1-3H3. The molecule has 0 aromatic heterocycles. The lowest BCUT2D eigenvalue weighted by molar-refractivity contribution is 0.135. The Hall–Kier alpha value is -0.0800. The van der Waals surface area contributed by atoms with Gasteiger partial charge in [0.05, 0.1) is 0 Å². The summed E-state index contributed by atoms with van der Waals surface area (Å²) in [4.78, 5) is 0. The molecule has 0 saturated heterocycles. The van der Waals surface area contributed by atoms with Gasteiger partial charge in [0.2, 0.25) is 0 Å². The monoisotopic (exact) mass is 243 g/mol. The van der Waals surface area contributed by atoms with Crippen LogP contribution >= 0.6 is 0 Å². The molecule has 2 heteroatoms. The van der Waals surface area contributed by atoms with Gasteiger partial charge in [-0.15, -0.1) is 0 Å². The summed E-state index contributed by atoms with van der Waals surface area (Å²) >= 11 is 0. The van der Waals surface area contributed by atoms with Gasteiger partial charge in [-0.1, -0.05) is 52.4 Å². The Bertz CT molecular complexity index is 139. The van der Waals surface area contributed by atoms with Crippen LogP contribution in [-0.4, -0.2) is 25.8 Å². The zero-order chi connectivity index (χ0) is 12.8. The minimum atomic E-state index is 0.665. The summed E-state index contributed by atoms with van der Waals surface area (Å²) < 4.78 is 5.43. The molecule has 17 heavy (non-hydrogen) atoms. The maximum Gasteiger partial charge on any atom is 0.0480 e. The fraction of sp³-hybridized carbons (Fsp3) is 1.00. The third kappa shape index (κ3) is 12.2. The quantitative estimate of drug-likeness (QED) is 0.491. The lowest BCUT2D eigenvalue weighted by Gasteiger charge is -2.17. The lowest BCUT2D eigenvalue weighted by atomic mass is 10.0. The van der Waals surface area contributed by atoms with Crippen LogP contribution in [0.1, 0.15) is 72.1 Å². The van der Waals surface area contributed by atoms with E-state index in [1.807, 2.05) is 0 Å². The Morgan fingerprint density at radius 1 is 0.882 bits per heavy atom. The van der Waals surface area contributed by atoms with Gasteiger partial charge < -0.3 is 10.1 Å². The van der Waals surface area contributed by atoms with Crippen LogP contribution in [0.2, 0.25) is 0 Å². The van der Waals surface area contributed by atoms with E-state index in [0.717, 1.165) is 26.2 Å². The normalized spacial score (nSPS) is 12.9. The lowest BCUT2D eigenvalue weighted by Crippen LogP contribution is -2.30. The van der Waals surface area contributed by atoms with Gasteiger partial charge in [0.1, 0.15) is 0 Å². The van der Waals surface area contributed by atoms with Crippen molar-refractivity contribution >= 4 is 0 Å². The van der Waals surface area contributed by atoms with E-state index in [1.165, 1.54) is 44.9 Å². The molecule has 1 N–H and O–H groups in total. The Balaban J connectivity index is 3.41. The van der Waals surface area contributed by atoms with Gasteiger partial charge in [-0.3, -0.25) is 0 Å². The predicted octanol–water partition coefficient (Wildman–Crippen LogP) is 4.14. The van der Waals surface area contributed by atoms with Gasteiger partial charge in [-0.05, 0) is 26.3 Å². The third-order valence-electron chi connectivity index (χ3n) is 3.21. The highest BCUT2D eigenvalue weighted by molar-refractivity contribution is 4.65. The zero-order valence-electron chi connectivity index (χ0n) is 12.3. The van der Waals surface area contributed by atoms with Crippen LogP contribution in [-0.2, 0) is 4.74 Å². The smallest absolute Gasteiger partial charge is 0.0480 e. The average molecular weight is 243 g/mol. The Labute approximate surface area is 109 Å². The first-order chi connectivity index (χ1) is 8.35. The molecule has 0 rings (SSSR count). The molecule has 0 fully saturated rings. The Morgan fingerprint density at radius 2 is 1.59 bits per heavy atom. The fourth-order valence-corrected chi connectivity index (χ4v) is 2.18. The van der Waals surface area contributed by atoms with Crippen molar-refractivity contribution in [2.45, 2.75) is 78.2 Å². The molecule has 0 aromatic rings. The summed E-state index contributed by atoms with van der Waals surface area (Å²) in [6.45, 7) is 9.35. The summed E-state index contributed by atoms with van der Waals surface area (Å²) in [6.07, 6.45) is 10.8. The van der Waals surface area contributed by atoms with Crippen molar-refractivity contribution < 1.29 is 4.74 Å². The molecule has 0 bridgehead atoms. The average Bonchev–Trinajstić information content (AvgIpc) is 2.34. The SMILES string of the molecule is CCCCCCCCC(CCOCC)NCC. The van der Waals surface area contributed by atoms with Gasteiger partial charge in [-0.2, -0.15) is 0 Å². The van der Waals surface area contributed by atoms with E-state index >= 15 is 0 Å². The van der Waals surface area contributed by atoms with Crippen LogP contribution in [0.4, 0.5) is 0 Å². The van der Waals surface area contributed by atoms with Gasteiger partial charge in [0.15, 0.2) is 0 Å². The van der Waals surface area contributed by atoms with Crippen molar-refractivity contribution in [2.75, 3.05) is 19.8 Å². The molecule has 0 amide bonds. The minimum absolute atomic E-state index is 0.665. The molecule has 0 aliphatic rings. The molecule has 0 saturated carbocycles. The van der Waals surface area contributed by atoms with Crippen LogP contribution in [0.5, 0.6) is 0 Å². The number of unbranched alkanes of at least 4 members (excludes halogenated alkanes) is 5. The summed E-state index contributed by atoms with van der Waals surface area (Å²) in [5, 5.41) is 3.56. The Kier molecular flexibility index (Phi) is 13.9. The van der Waals surface area contributed by atoms with Crippen molar-refractivity contribution in [2.24, 2.45) is 0 Å². The molecule has 0 spiro atoms. The Morgan fingerprint density at radius 3 is 2.24 bits per heavy atom. The van der Waals surface area contributed by atoms with E-state index < -0.39 is 0 Å². The zero-order valence-corrected chi connectivity index (χ0v) is 12.3. The summed E-state index contributed by atoms with van der Waals surface area (Å²) in [5.74, 6) is 0. The fourth-order valence-electron chi connectivity index (χ4n) is 2.18. The highest BCUT2D eigenvalue weighted by Gasteiger charge is 2.06. The number of nitrogens with one attached hydrogen (secondary N) is 1. The maximum absolute atomic E-state index is 5.43. The van der Waals surface area contributed by atoms with E-state index in [1.54, 1.807) is 0 Å². The molecular weight excluding hydrogens is 210 g/mol. The molecule has 0 heterocycles. The van der Waals surface area contributed by atoms with Crippen LogP contribution in [0.3, 0.4) is 0 Å². The first-order valence-corrected chi connectivity index (χ1v) is 7.66.